The van der Waals surface area contributed by atoms with Crippen LogP contribution in [0.3, 0.4) is 0 Å². The van der Waals surface area contributed by atoms with Gasteiger partial charge >= 0.3 is 11.9 Å². The molecule has 0 aromatic carbocycles. The predicted molar refractivity (Wildman–Crippen MR) is 389 cm³/mol. The van der Waals surface area contributed by atoms with Gasteiger partial charge in [-0.05, 0) is 96.3 Å². The Morgan fingerprint density at radius 3 is 0.739 bits per heavy atom. The zero-order valence-electron chi connectivity index (χ0n) is 58.7. The number of hydrogen-bond donors (Lipinski definition) is 1. The van der Waals surface area contributed by atoms with Crippen molar-refractivity contribution in [2.75, 3.05) is 13.2 Å². The molecule has 0 bridgehead atoms. The molecule has 5 heteroatoms. The topological polar surface area (TPSA) is 72.8 Å². The molecule has 0 aliphatic heterocycles. The van der Waals surface area contributed by atoms with Gasteiger partial charge in [0.2, 0.25) is 0 Å². The molecule has 5 nitrogen and oxygen atoms in total. The van der Waals surface area contributed by atoms with Crippen LogP contribution in [0.25, 0.3) is 0 Å². The van der Waals surface area contributed by atoms with Gasteiger partial charge in [-0.15, -0.1) is 0 Å². The average Bonchev–Trinajstić information content (AvgIpc) is 3.56. The number of ether oxygens (including phenoxy) is 2. The molecule has 0 heterocycles. The number of carbonyl (C=O) groups excluding carboxylic acids is 2. The maximum Gasteiger partial charge on any atom is 0.306 e. The highest BCUT2D eigenvalue weighted by Crippen LogP contribution is 2.19. The van der Waals surface area contributed by atoms with Crippen LogP contribution in [-0.2, 0) is 19.1 Å². The van der Waals surface area contributed by atoms with E-state index in [1.165, 1.54) is 289 Å². The van der Waals surface area contributed by atoms with Gasteiger partial charge in [-0.2, -0.15) is 0 Å². The molecule has 0 aromatic rings. The Hall–Kier alpha value is -3.18. The summed E-state index contributed by atoms with van der Waals surface area (Å²) in [5.74, 6) is -0.570. The number of unbranched alkanes of at least 4 members (excludes halogenated alkanes) is 48. The molecule has 1 N–H and O–H groups in total. The van der Waals surface area contributed by atoms with Gasteiger partial charge < -0.3 is 14.6 Å². The van der Waals surface area contributed by atoms with E-state index in [0.29, 0.717) is 12.8 Å². The molecule has 0 spiro atoms. The fourth-order valence-electron chi connectivity index (χ4n) is 11.6. The van der Waals surface area contributed by atoms with Crippen LogP contribution in [-0.4, -0.2) is 36.4 Å². The largest absolute Gasteiger partial charge is 0.462 e. The summed E-state index contributed by atoms with van der Waals surface area (Å²) in [7, 11) is 0. The van der Waals surface area contributed by atoms with Gasteiger partial charge in [0.15, 0.2) is 6.10 Å². The fraction of sp³-hybridized carbons (Fsp3) is 0.783. The van der Waals surface area contributed by atoms with E-state index in [0.717, 1.165) is 83.5 Å². The van der Waals surface area contributed by atoms with Gasteiger partial charge in [0.25, 0.3) is 0 Å². The molecular formula is C83H148O5. The van der Waals surface area contributed by atoms with Gasteiger partial charge in [-0.25, -0.2) is 0 Å². The summed E-state index contributed by atoms with van der Waals surface area (Å²) in [5, 5.41) is 9.73. The van der Waals surface area contributed by atoms with E-state index in [1.54, 1.807) is 0 Å². The Bertz CT molecular complexity index is 1630. The molecule has 0 saturated carbocycles. The Balaban J connectivity index is 3.40. The predicted octanol–water partition coefficient (Wildman–Crippen LogP) is 27.3. The van der Waals surface area contributed by atoms with Gasteiger partial charge in [0, 0.05) is 12.8 Å². The second-order valence-electron chi connectivity index (χ2n) is 26.1. The zero-order chi connectivity index (χ0) is 63.3. The highest BCUT2D eigenvalue weighted by atomic mass is 16.6. The summed E-state index contributed by atoms with van der Waals surface area (Å²) in [4.78, 5) is 24.7. The molecule has 0 aliphatic rings. The summed E-state index contributed by atoms with van der Waals surface area (Å²) in [5.41, 5.74) is 0. The smallest absolute Gasteiger partial charge is 0.306 e. The van der Waals surface area contributed by atoms with Crippen molar-refractivity contribution in [2.45, 2.75) is 405 Å². The molecule has 0 rings (SSSR count). The molecule has 1 atom stereocenters. The van der Waals surface area contributed by atoms with Crippen molar-refractivity contribution in [2.24, 2.45) is 0 Å². The maximum absolute atomic E-state index is 12.4. The molecule has 0 amide bonds. The molecule has 88 heavy (non-hydrogen) atoms. The summed E-state index contributed by atoms with van der Waals surface area (Å²) in [6, 6.07) is 0. The average molecular weight is 1230 g/mol. The van der Waals surface area contributed by atoms with E-state index in [1.807, 2.05) is 0 Å². The highest BCUT2D eigenvalue weighted by Gasteiger charge is 2.16. The lowest BCUT2D eigenvalue weighted by Crippen LogP contribution is -2.28. The monoisotopic (exact) mass is 1230 g/mol. The van der Waals surface area contributed by atoms with Gasteiger partial charge in [-0.1, -0.05) is 387 Å². The maximum atomic E-state index is 12.4. The molecule has 0 aromatic heterocycles. The van der Waals surface area contributed by atoms with Gasteiger partial charge in [-0.3, -0.25) is 9.59 Å². The summed E-state index contributed by atoms with van der Waals surface area (Å²) < 4.78 is 10.8. The van der Waals surface area contributed by atoms with Crippen molar-refractivity contribution in [3.63, 3.8) is 0 Å². The first-order valence-corrected chi connectivity index (χ1v) is 38.8. The second kappa shape index (κ2) is 78.1. The Labute approximate surface area is 548 Å². The van der Waals surface area contributed by atoms with Crippen molar-refractivity contribution in [3.05, 3.63) is 97.2 Å². The van der Waals surface area contributed by atoms with Crippen molar-refractivity contribution in [1.29, 1.82) is 0 Å². The molecule has 0 fully saturated rings. The number of esters is 2. The van der Waals surface area contributed by atoms with Crippen LogP contribution in [0.1, 0.15) is 399 Å². The number of hydrogen-bond acceptors (Lipinski definition) is 5. The first-order chi connectivity index (χ1) is 43.6. The standard InChI is InChI=1S/C83H148O5/c1-3-5-7-9-11-13-15-17-19-21-23-25-27-29-31-33-35-37-38-39-40-41-42-43-44-46-48-50-52-54-56-58-60-62-64-66-68-70-72-74-76-78-83(86)88-81(79-84)80-87-82(85)77-75-73-71-69-67-65-63-61-59-57-55-53-51-49-47-45-36-34-32-30-28-26-24-22-20-18-16-14-12-10-8-6-4-2/h5,7,11,13,16-19,22-25,28-31,81,84H,3-4,6,8-10,12,14-15,20-21,26-27,32-80H2,1-2H3/b7-5-,13-11-,18-16-,19-17-,24-22-,25-23-,30-28-,31-29-. The minimum atomic E-state index is -0.774. The van der Waals surface area contributed by atoms with Crippen LogP contribution in [0, 0.1) is 0 Å². The van der Waals surface area contributed by atoms with Crippen LogP contribution < -0.4 is 0 Å². The van der Waals surface area contributed by atoms with Crippen molar-refractivity contribution < 1.29 is 24.2 Å². The van der Waals surface area contributed by atoms with Crippen molar-refractivity contribution in [3.8, 4) is 0 Å². The van der Waals surface area contributed by atoms with Gasteiger partial charge in [0.05, 0.1) is 6.61 Å². The van der Waals surface area contributed by atoms with Crippen molar-refractivity contribution >= 4 is 11.9 Å². The van der Waals surface area contributed by atoms with Gasteiger partial charge in [0.1, 0.15) is 6.61 Å². The Morgan fingerprint density at radius 1 is 0.273 bits per heavy atom. The van der Waals surface area contributed by atoms with E-state index >= 15 is 0 Å². The lowest BCUT2D eigenvalue weighted by atomic mass is 10.0. The number of carbonyl (C=O) groups is 2. The zero-order valence-corrected chi connectivity index (χ0v) is 58.7. The third kappa shape index (κ3) is 75.3. The molecule has 0 saturated heterocycles. The minimum absolute atomic E-state index is 0.0626. The minimum Gasteiger partial charge on any atom is -0.462 e. The van der Waals surface area contributed by atoms with Crippen LogP contribution in [0.4, 0.5) is 0 Å². The number of allylic oxidation sites excluding steroid dienone is 16. The van der Waals surface area contributed by atoms with Crippen molar-refractivity contribution in [1.82, 2.24) is 0 Å². The molecule has 0 aliphatic carbocycles. The number of aliphatic hydroxyl groups excluding tert-OH is 1. The summed E-state index contributed by atoms with van der Waals surface area (Å²) in [6.07, 6.45) is 112. The molecular weight excluding hydrogens is 1080 g/mol. The van der Waals surface area contributed by atoms with Crippen LogP contribution in [0.2, 0.25) is 0 Å². The lowest BCUT2D eigenvalue weighted by Gasteiger charge is -2.15. The molecule has 1 unspecified atom stereocenters. The Morgan fingerprint density at radius 2 is 0.489 bits per heavy atom. The Kier molecular flexibility index (Phi) is 75.2. The summed E-state index contributed by atoms with van der Waals surface area (Å²) in [6.45, 7) is 4.06. The number of aliphatic hydroxyl groups is 1. The van der Waals surface area contributed by atoms with Crippen LogP contribution in [0.15, 0.2) is 97.2 Å². The third-order valence-corrected chi connectivity index (χ3v) is 17.4. The fourth-order valence-corrected chi connectivity index (χ4v) is 11.6. The van der Waals surface area contributed by atoms with E-state index in [4.69, 9.17) is 9.47 Å². The van der Waals surface area contributed by atoms with E-state index in [9.17, 15) is 14.7 Å². The van der Waals surface area contributed by atoms with E-state index < -0.39 is 6.10 Å². The SMILES string of the molecule is CC/C=C\C/C=C\C/C=C\C/C=C\C/C=C\CCCCCCCCCCCCCCCCCCCCCCCCCCCC(=O)OC(CO)COC(=O)CCCCCCCCCCCCCCCCCCCC/C=C\C/C=C\C/C=C\CCCCCCC. The first kappa shape index (κ1) is 84.8. The highest BCUT2D eigenvalue weighted by molar-refractivity contribution is 5.70. The van der Waals surface area contributed by atoms with Crippen LogP contribution in [0.5, 0.6) is 0 Å². The second-order valence-corrected chi connectivity index (χ2v) is 26.1. The molecule has 0 radical (unpaired) electrons. The van der Waals surface area contributed by atoms with E-state index in [2.05, 4.69) is 111 Å². The normalized spacial score (nSPS) is 12.7. The summed E-state index contributed by atoms with van der Waals surface area (Å²) >= 11 is 0. The van der Waals surface area contributed by atoms with E-state index in [-0.39, 0.29) is 25.2 Å². The first-order valence-electron chi connectivity index (χ1n) is 38.8. The lowest BCUT2D eigenvalue weighted by molar-refractivity contribution is -0.161. The van der Waals surface area contributed by atoms with Crippen LogP contribution >= 0.6 is 0 Å². The molecule has 510 valence electrons. The quantitative estimate of drug-likeness (QED) is 0.0373. The third-order valence-electron chi connectivity index (χ3n) is 17.4. The number of rotatable bonds is 72.